The second kappa shape index (κ2) is 7.45. The summed E-state index contributed by atoms with van der Waals surface area (Å²) in [6, 6.07) is 6.80. The number of nitrogens with one attached hydrogen (secondary N) is 1. The highest BCUT2D eigenvalue weighted by Crippen LogP contribution is 2.35. The van der Waals surface area contributed by atoms with Crippen LogP contribution in [0.3, 0.4) is 0 Å². The Labute approximate surface area is 128 Å². The Balaban J connectivity index is 1.94. The van der Waals surface area contributed by atoms with Crippen LogP contribution in [-0.2, 0) is 9.59 Å². The van der Waals surface area contributed by atoms with Gasteiger partial charge in [-0.05, 0) is 12.5 Å². The van der Waals surface area contributed by atoms with Crippen LogP contribution in [0.1, 0.15) is 24.2 Å². The van der Waals surface area contributed by atoms with Gasteiger partial charge in [0.1, 0.15) is 5.82 Å². The number of rotatable bonds is 3. The molecule has 0 radical (unpaired) electrons. The summed E-state index contributed by atoms with van der Waals surface area (Å²) in [6.45, 7) is 2.64. The molecule has 1 heterocycles. The molecule has 21 heavy (non-hydrogen) atoms. The molecule has 0 saturated carbocycles. The van der Waals surface area contributed by atoms with Gasteiger partial charge < -0.3 is 10.2 Å². The van der Waals surface area contributed by atoms with Gasteiger partial charge in [-0.25, -0.2) is 4.39 Å². The summed E-state index contributed by atoms with van der Waals surface area (Å²) in [4.78, 5) is 24.6. The first kappa shape index (κ1) is 15.8. The van der Waals surface area contributed by atoms with Crippen molar-refractivity contribution in [3.8, 4) is 0 Å². The van der Waals surface area contributed by atoms with Crippen LogP contribution in [0.2, 0.25) is 0 Å². The zero-order chi connectivity index (χ0) is 15.2. The summed E-state index contributed by atoms with van der Waals surface area (Å²) in [5.41, 5.74) is 0.707. The molecule has 0 spiro atoms. The first-order valence-corrected chi connectivity index (χ1v) is 8.01. The summed E-state index contributed by atoms with van der Waals surface area (Å²) >= 11 is 1.68. The lowest BCUT2D eigenvalue weighted by molar-refractivity contribution is -0.132. The molecule has 1 N–H and O–H groups in total. The zero-order valence-electron chi connectivity index (χ0n) is 12.0. The van der Waals surface area contributed by atoms with Crippen LogP contribution in [0.5, 0.6) is 0 Å². The Morgan fingerprint density at radius 2 is 2.14 bits per heavy atom. The standard InChI is InChI=1S/C15H19FN2O2S/c1-11(19)17-10-15(20)18-7-6-14(21-9-8-18)12-4-2-3-5-13(12)16/h2-5,14H,6-10H2,1H3,(H,17,19)/t14-/m0/s1. The number of carbonyl (C=O) groups is 2. The molecule has 2 rings (SSSR count). The number of halogens is 1. The predicted molar refractivity (Wildman–Crippen MR) is 81.5 cm³/mol. The molecule has 114 valence electrons. The molecular formula is C15H19FN2O2S. The second-order valence-corrected chi connectivity index (χ2v) is 6.27. The molecule has 0 unspecified atom stereocenters. The third-order valence-electron chi connectivity index (χ3n) is 3.43. The smallest absolute Gasteiger partial charge is 0.241 e. The van der Waals surface area contributed by atoms with E-state index in [1.54, 1.807) is 22.7 Å². The van der Waals surface area contributed by atoms with E-state index in [2.05, 4.69) is 5.32 Å². The first-order valence-electron chi connectivity index (χ1n) is 6.96. The monoisotopic (exact) mass is 310 g/mol. The van der Waals surface area contributed by atoms with Crippen LogP contribution in [0.4, 0.5) is 4.39 Å². The van der Waals surface area contributed by atoms with Gasteiger partial charge in [-0.1, -0.05) is 18.2 Å². The predicted octanol–water partition coefficient (Wildman–Crippen LogP) is 1.97. The van der Waals surface area contributed by atoms with Gasteiger partial charge >= 0.3 is 0 Å². The molecule has 1 aromatic carbocycles. The molecule has 4 nitrogen and oxygen atoms in total. The molecule has 1 saturated heterocycles. The number of nitrogens with zero attached hydrogens (tertiary/aromatic N) is 1. The summed E-state index contributed by atoms with van der Waals surface area (Å²) in [6.07, 6.45) is 0.720. The number of amides is 2. The number of carbonyl (C=O) groups excluding carboxylic acids is 2. The average molecular weight is 310 g/mol. The molecule has 1 atom stereocenters. The maximum atomic E-state index is 13.8. The Bertz CT molecular complexity index is 524. The van der Waals surface area contributed by atoms with Crippen molar-refractivity contribution in [2.45, 2.75) is 18.6 Å². The molecule has 1 aliphatic rings. The van der Waals surface area contributed by atoms with E-state index in [-0.39, 0.29) is 29.4 Å². The summed E-state index contributed by atoms with van der Waals surface area (Å²) in [7, 11) is 0. The maximum Gasteiger partial charge on any atom is 0.241 e. The highest BCUT2D eigenvalue weighted by Gasteiger charge is 2.23. The van der Waals surface area contributed by atoms with Crippen molar-refractivity contribution >= 4 is 23.6 Å². The molecule has 6 heteroatoms. The third kappa shape index (κ3) is 4.46. The number of benzene rings is 1. The SMILES string of the molecule is CC(=O)NCC(=O)N1CCS[C@H](c2ccccc2F)CC1. The van der Waals surface area contributed by atoms with E-state index in [9.17, 15) is 14.0 Å². The molecule has 0 aliphatic carbocycles. The van der Waals surface area contributed by atoms with E-state index < -0.39 is 0 Å². The Hall–Kier alpha value is -1.56. The normalized spacial score (nSPS) is 19.0. The van der Waals surface area contributed by atoms with Gasteiger partial charge in [0.25, 0.3) is 0 Å². The van der Waals surface area contributed by atoms with Crippen LogP contribution in [0.25, 0.3) is 0 Å². The molecule has 1 fully saturated rings. The summed E-state index contributed by atoms with van der Waals surface area (Å²) in [5, 5.41) is 2.59. The molecule has 0 aromatic heterocycles. The number of hydrogen-bond donors (Lipinski definition) is 1. The zero-order valence-corrected chi connectivity index (χ0v) is 12.8. The van der Waals surface area contributed by atoms with Crippen molar-refractivity contribution in [2.24, 2.45) is 0 Å². The largest absolute Gasteiger partial charge is 0.347 e. The minimum absolute atomic E-state index is 0.0321. The fourth-order valence-corrected chi connectivity index (χ4v) is 3.57. The third-order valence-corrected chi connectivity index (χ3v) is 4.75. The fourth-order valence-electron chi connectivity index (χ4n) is 2.32. The van der Waals surface area contributed by atoms with Gasteiger partial charge in [0, 0.05) is 36.6 Å². The van der Waals surface area contributed by atoms with E-state index in [1.807, 2.05) is 12.1 Å². The van der Waals surface area contributed by atoms with Gasteiger partial charge in [-0.15, -0.1) is 0 Å². The number of thioether (sulfide) groups is 1. The topological polar surface area (TPSA) is 49.4 Å². The van der Waals surface area contributed by atoms with Gasteiger partial charge in [-0.2, -0.15) is 11.8 Å². The summed E-state index contributed by atoms with van der Waals surface area (Å²) in [5.74, 6) is 0.287. The highest BCUT2D eigenvalue weighted by molar-refractivity contribution is 7.99. The van der Waals surface area contributed by atoms with Crippen LogP contribution in [-0.4, -0.2) is 42.1 Å². The Kier molecular flexibility index (Phi) is 5.61. The van der Waals surface area contributed by atoms with Crippen molar-refractivity contribution in [2.75, 3.05) is 25.4 Å². The van der Waals surface area contributed by atoms with Gasteiger partial charge in [0.2, 0.25) is 11.8 Å². The maximum absolute atomic E-state index is 13.8. The lowest BCUT2D eigenvalue weighted by Crippen LogP contribution is -2.40. The van der Waals surface area contributed by atoms with E-state index in [0.717, 1.165) is 12.2 Å². The number of hydrogen-bond acceptors (Lipinski definition) is 3. The molecule has 2 amide bonds. The van der Waals surface area contributed by atoms with Crippen LogP contribution >= 0.6 is 11.8 Å². The minimum atomic E-state index is -0.211. The van der Waals surface area contributed by atoms with Gasteiger partial charge in [-0.3, -0.25) is 9.59 Å². The average Bonchev–Trinajstić information content (AvgIpc) is 2.71. The van der Waals surface area contributed by atoms with E-state index in [0.29, 0.717) is 18.7 Å². The quantitative estimate of drug-likeness (QED) is 0.928. The van der Waals surface area contributed by atoms with Crippen molar-refractivity contribution in [3.63, 3.8) is 0 Å². The Morgan fingerprint density at radius 3 is 2.86 bits per heavy atom. The molecular weight excluding hydrogens is 291 g/mol. The second-order valence-electron chi connectivity index (χ2n) is 4.96. The molecule has 0 bridgehead atoms. The van der Waals surface area contributed by atoms with Crippen molar-refractivity contribution in [3.05, 3.63) is 35.6 Å². The van der Waals surface area contributed by atoms with Crippen molar-refractivity contribution < 1.29 is 14.0 Å². The van der Waals surface area contributed by atoms with Crippen LogP contribution in [0, 0.1) is 5.82 Å². The van der Waals surface area contributed by atoms with Crippen LogP contribution < -0.4 is 5.32 Å². The van der Waals surface area contributed by atoms with Gasteiger partial charge in [0.15, 0.2) is 0 Å². The first-order chi connectivity index (χ1) is 10.1. The lowest BCUT2D eigenvalue weighted by Gasteiger charge is -2.20. The van der Waals surface area contributed by atoms with Crippen molar-refractivity contribution in [1.82, 2.24) is 10.2 Å². The van der Waals surface area contributed by atoms with Gasteiger partial charge in [0.05, 0.1) is 6.54 Å². The Morgan fingerprint density at radius 1 is 1.38 bits per heavy atom. The van der Waals surface area contributed by atoms with E-state index in [1.165, 1.54) is 13.0 Å². The lowest BCUT2D eigenvalue weighted by atomic mass is 10.1. The highest BCUT2D eigenvalue weighted by atomic mass is 32.2. The van der Waals surface area contributed by atoms with E-state index >= 15 is 0 Å². The van der Waals surface area contributed by atoms with Crippen LogP contribution in [0.15, 0.2) is 24.3 Å². The minimum Gasteiger partial charge on any atom is -0.347 e. The van der Waals surface area contributed by atoms with E-state index in [4.69, 9.17) is 0 Å². The fraction of sp³-hybridized carbons (Fsp3) is 0.467. The molecule has 1 aliphatic heterocycles. The van der Waals surface area contributed by atoms with Crippen molar-refractivity contribution in [1.29, 1.82) is 0 Å². The molecule has 1 aromatic rings. The summed E-state index contributed by atoms with van der Waals surface area (Å²) < 4.78 is 13.8.